The molecule has 3 saturated carbocycles. The number of aliphatic hydroxyl groups excluding tert-OH is 1. The summed E-state index contributed by atoms with van der Waals surface area (Å²) in [4.78, 5) is 0. The summed E-state index contributed by atoms with van der Waals surface area (Å²) < 4.78 is 13.7. The molecule has 194 valence electrons. The van der Waals surface area contributed by atoms with E-state index in [2.05, 4.69) is 74.7 Å². The minimum Gasteiger partial charge on any atom is -0.417 e. The van der Waals surface area contributed by atoms with Crippen molar-refractivity contribution in [1.29, 1.82) is 0 Å². The van der Waals surface area contributed by atoms with Gasteiger partial charge in [-0.2, -0.15) is 0 Å². The molecule has 3 fully saturated rings. The van der Waals surface area contributed by atoms with Gasteiger partial charge >= 0.3 is 0 Å². The highest BCUT2D eigenvalue weighted by molar-refractivity contribution is 6.74. The average Bonchev–Trinajstić information content (AvgIpc) is 3.23. The monoisotopic (exact) mass is 496 g/mol. The van der Waals surface area contributed by atoms with Gasteiger partial charge in [0.25, 0.3) is 0 Å². The van der Waals surface area contributed by atoms with Gasteiger partial charge in [0.15, 0.2) is 16.6 Å². The fraction of sp³-hybridized carbons (Fsp3) is 1.00. The molecule has 0 spiro atoms. The highest BCUT2D eigenvalue weighted by Gasteiger charge is 2.66. The van der Waals surface area contributed by atoms with Crippen molar-refractivity contribution in [2.45, 2.75) is 136 Å². The molecule has 0 aromatic carbocycles. The van der Waals surface area contributed by atoms with Crippen molar-refractivity contribution in [1.82, 2.24) is 0 Å². The Balaban J connectivity index is 1.76. The number of rotatable bonds is 8. The molecular weight excluding hydrogens is 440 g/mol. The lowest BCUT2D eigenvalue weighted by atomic mass is 9.60. The highest BCUT2D eigenvalue weighted by atomic mass is 28.4. The van der Waals surface area contributed by atoms with Gasteiger partial charge in [0.1, 0.15) is 0 Å². The molecular formula is C28H56O3Si2. The summed E-state index contributed by atoms with van der Waals surface area (Å²) in [5.41, 5.74) is 0.644. The van der Waals surface area contributed by atoms with Crippen LogP contribution in [0.3, 0.4) is 0 Å². The van der Waals surface area contributed by atoms with Crippen molar-refractivity contribution in [2.75, 3.05) is 13.2 Å². The Morgan fingerprint density at radius 1 is 0.909 bits per heavy atom. The number of aliphatic hydroxyl groups is 1. The standard InChI is InChI=1S/C28H56O3Si2/c1-25(2,3)32(8,9)30-18-17-28(19-21(28)20-29)24-15-14-22-23(13-12-16-27(22,24)7)31-33(10,11)26(4,5)6/h21-24,29H,12-20H2,1-11H3/t21?,22?,23-,24-,27-,28?/m0/s1. The molecule has 0 aromatic rings. The number of fused-ring (bicyclic) bond motifs is 1. The Bertz CT molecular complexity index is 692. The average molecular weight is 497 g/mol. The molecule has 3 aliphatic carbocycles. The van der Waals surface area contributed by atoms with Crippen LogP contribution in [0.5, 0.6) is 0 Å². The van der Waals surface area contributed by atoms with Gasteiger partial charge in [-0.05, 0) is 103 Å². The van der Waals surface area contributed by atoms with E-state index in [1.165, 1.54) is 38.5 Å². The van der Waals surface area contributed by atoms with E-state index in [4.69, 9.17) is 8.85 Å². The Kier molecular flexibility index (Phi) is 7.61. The predicted octanol–water partition coefficient (Wildman–Crippen LogP) is 8.00. The second-order valence-corrected chi connectivity index (χ2v) is 24.8. The van der Waals surface area contributed by atoms with Crippen LogP contribution in [0.25, 0.3) is 0 Å². The summed E-state index contributed by atoms with van der Waals surface area (Å²) in [6.45, 7) is 27.5. The smallest absolute Gasteiger partial charge is 0.192 e. The van der Waals surface area contributed by atoms with Gasteiger partial charge < -0.3 is 14.0 Å². The molecule has 3 rings (SSSR count). The molecule has 0 saturated heterocycles. The summed E-state index contributed by atoms with van der Waals surface area (Å²) in [7, 11) is -3.51. The number of hydrogen-bond acceptors (Lipinski definition) is 3. The Labute approximate surface area is 208 Å². The van der Waals surface area contributed by atoms with Crippen LogP contribution >= 0.6 is 0 Å². The summed E-state index contributed by atoms with van der Waals surface area (Å²) in [5.74, 6) is 1.87. The molecule has 1 N–H and O–H groups in total. The van der Waals surface area contributed by atoms with E-state index >= 15 is 0 Å². The SMILES string of the molecule is CC(C)(C)[Si](C)(C)OCCC1([C@H]2CCC3[C@@H](O[Si](C)(C)C(C)(C)C)CCC[C@@]32C)CC1CO. The summed E-state index contributed by atoms with van der Waals surface area (Å²) >= 11 is 0. The van der Waals surface area contributed by atoms with E-state index in [9.17, 15) is 5.11 Å². The molecule has 0 heterocycles. The van der Waals surface area contributed by atoms with Crippen molar-refractivity contribution in [3.8, 4) is 0 Å². The maximum Gasteiger partial charge on any atom is 0.192 e. The Morgan fingerprint density at radius 3 is 2.03 bits per heavy atom. The normalized spacial score (nSPS) is 37.8. The van der Waals surface area contributed by atoms with Gasteiger partial charge in [-0.3, -0.25) is 0 Å². The lowest BCUT2D eigenvalue weighted by Crippen LogP contribution is -2.50. The van der Waals surface area contributed by atoms with Gasteiger partial charge in [0, 0.05) is 19.3 Å². The fourth-order valence-corrected chi connectivity index (χ4v) is 9.46. The fourth-order valence-electron chi connectivity index (χ4n) is 7.03. The lowest BCUT2D eigenvalue weighted by Gasteiger charge is -2.50. The van der Waals surface area contributed by atoms with Crippen LogP contribution in [0.15, 0.2) is 0 Å². The van der Waals surface area contributed by atoms with E-state index in [1.54, 1.807) is 0 Å². The molecule has 5 heteroatoms. The van der Waals surface area contributed by atoms with E-state index in [0.29, 0.717) is 41.3 Å². The maximum atomic E-state index is 10.2. The minimum absolute atomic E-state index is 0.252. The van der Waals surface area contributed by atoms with Gasteiger partial charge in [-0.25, -0.2) is 0 Å². The zero-order chi connectivity index (χ0) is 25.1. The summed E-state index contributed by atoms with van der Waals surface area (Å²) in [6.07, 6.45) is 9.26. The van der Waals surface area contributed by atoms with E-state index in [1.807, 2.05) is 0 Å². The highest BCUT2D eigenvalue weighted by Crippen LogP contribution is 2.71. The largest absolute Gasteiger partial charge is 0.417 e. The molecule has 0 amide bonds. The summed E-state index contributed by atoms with van der Waals surface area (Å²) in [6, 6.07) is 0. The second-order valence-electron chi connectivity index (χ2n) is 15.2. The van der Waals surface area contributed by atoms with Gasteiger partial charge in [0.05, 0.1) is 0 Å². The van der Waals surface area contributed by atoms with Crippen molar-refractivity contribution < 1.29 is 14.0 Å². The second kappa shape index (κ2) is 9.01. The first-order chi connectivity index (χ1) is 14.9. The molecule has 0 aromatic heterocycles. The molecule has 3 aliphatic rings. The van der Waals surface area contributed by atoms with Crippen LogP contribution in [0, 0.1) is 28.6 Å². The molecule has 6 atom stereocenters. The minimum atomic E-state index is -1.77. The molecule has 3 unspecified atom stereocenters. The van der Waals surface area contributed by atoms with Crippen LogP contribution in [0.1, 0.15) is 93.4 Å². The van der Waals surface area contributed by atoms with Crippen LogP contribution in [0.2, 0.25) is 36.3 Å². The lowest BCUT2D eigenvalue weighted by molar-refractivity contribution is -0.0326. The van der Waals surface area contributed by atoms with E-state index < -0.39 is 16.6 Å². The molecule has 33 heavy (non-hydrogen) atoms. The van der Waals surface area contributed by atoms with Crippen molar-refractivity contribution in [3.05, 3.63) is 0 Å². The van der Waals surface area contributed by atoms with Crippen LogP contribution in [-0.2, 0) is 8.85 Å². The first-order valence-corrected chi connectivity index (χ1v) is 19.7. The predicted molar refractivity (Wildman–Crippen MR) is 146 cm³/mol. The van der Waals surface area contributed by atoms with Crippen LogP contribution in [0.4, 0.5) is 0 Å². The van der Waals surface area contributed by atoms with Crippen LogP contribution < -0.4 is 0 Å². The van der Waals surface area contributed by atoms with E-state index in [0.717, 1.165) is 13.0 Å². The van der Waals surface area contributed by atoms with Gasteiger partial charge in [0.2, 0.25) is 0 Å². The van der Waals surface area contributed by atoms with Gasteiger partial charge in [-0.1, -0.05) is 54.9 Å². The maximum absolute atomic E-state index is 10.2. The molecule has 0 bridgehead atoms. The molecule has 0 aliphatic heterocycles. The zero-order valence-electron chi connectivity index (χ0n) is 23.9. The quantitative estimate of drug-likeness (QED) is 0.346. The first kappa shape index (κ1) is 27.9. The van der Waals surface area contributed by atoms with Crippen molar-refractivity contribution in [3.63, 3.8) is 0 Å². The third kappa shape index (κ3) is 5.10. The Morgan fingerprint density at radius 2 is 1.52 bits per heavy atom. The van der Waals surface area contributed by atoms with E-state index in [-0.39, 0.29) is 10.1 Å². The zero-order valence-corrected chi connectivity index (χ0v) is 25.9. The summed E-state index contributed by atoms with van der Waals surface area (Å²) in [5, 5.41) is 10.7. The Hall–Kier alpha value is 0.314. The molecule has 0 radical (unpaired) electrons. The number of hydrogen-bond donors (Lipinski definition) is 1. The third-order valence-corrected chi connectivity index (χ3v) is 20.4. The van der Waals surface area contributed by atoms with Crippen LogP contribution in [-0.4, -0.2) is 41.1 Å². The first-order valence-electron chi connectivity index (χ1n) is 13.8. The van der Waals surface area contributed by atoms with Gasteiger partial charge in [-0.15, -0.1) is 0 Å². The van der Waals surface area contributed by atoms with Crippen molar-refractivity contribution >= 4 is 16.6 Å². The topological polar surface area (TPSA) is 38.7 Å². The molecule has 3 nitrogen and oxygen atoms in total. The third-order valence-electron chi connectivity index (χ3n) is 11.3. The van der Waals surface area contributed by atoms with Crippen molar-refractivity contribution in [2.24, 2.45) is 28.6 Å².